The van der Waals surface area contributed by atoms with Crippen LogP contribution in [-0.2, 0) is 34.6 Å². The van der Waals surface area contributed by atoms with E-state index in [0.717, 1.165) is 10.8 Å². The lowest BCUT2D eigenvalue weighted by Gasteiger charge is -2.27. The van der Waals surface area contributed by atoms with E-state index in [1.807, 2.05) is 0 Å². The molecule has 6 aliphatic rings. The van der Waals surface area contributed by atoms with Gasteiger partial charge in [0, 0.05) is 43.6 Å². The van der Waals surface area contributed by atoms with Crippen molar-refractivity contribution in [2.45, 2.75) is 195 Å². The van der Waals surface area contributed by atoms with Crippen LogP contribution in [0.2, 0.25) is 0 Å². The van der Waals surface area contributed by atoms with Crippen molar-refractivity contribution in [1.29, 1.82) is 0 Å². The van der Waals surface area contributed by atoms with Gasteiger partial charge in [0.25, 0.3) is 35.4 Å². The molecule has 12 aromatic rings. The third-order valence-corrected chi connectivity index (χ3v) is 23.8. The van der Waals surface area contributed by atoms with Crippen molar-refractivity contribution in [2.75, 3.05) is 67.4 Å². The summed E-state index contributed by atoms with van der Waals surface area (Å²) in [6.07, 6.45) is -15.9. The number of aliphatic hydroxyl groups is 16. The molecule has 6 aliphatic heterocycles. The molecule has 0 spiro atoms. The van der Waals surface area contributed by atoms with Crippen molar-refractivity contribution in [3.05, 3.63) is 106 Å². The number of anilines is 6. The molecule has 40 N–H and O–H groups in total. The van der Waals surface area contributed by atoms with Crippen LogP contribution in [0.25, 0.3) is 66.2 Å². The van der Waals surface area contributed by atoms with Crippen molar-refractivity contribution in [1.82, 2.24) is 87.2 Å². The van der Waals surface area contributed by atoms with Crippen molar-refractivity contribution < 1.29 is 152 Å². The molecular formula is C82H99F3N30O28. The molecule has 6 fully saturated rings. The molecule has 0 aliphatic carbocycles. The average molecular weight is 2010 g/mol. The molecule has 143 heavy (non-hydrogen) atoms. The summed E-state index contributed by atoms with van der Waals surface area (Å²) >= 11 is 0. The molecule has 766 valence electrons. The SMILES string of the molecule is C#Cc1nc(N)c2c(C(N)=O)cn([C@@H]3O[C@H](CO)[C@@H](O)[C@H]3O)c2n1.CC#Cc1nc(N)c2c(C(N)=O)cn([C@@H]3O[C@H](CO)[C@@H](O)[C@H]3O)c2n1.Cc1nc(N)c2c(C(N)=O)cn([C@@H]3O[C@H](C)[C@@H](O)[C@H]3O)c2n1.Cc1nc(N)c2c(C(N)=O)cn([C@@H]3O[C@H](CO)[C@@H](O)[C@@]3(C)O)c2n1.Cc1nc(N)c2c(C(N)=O)cn([C@H]3C[C@H](O)[C@@H](CO)O3)c2n1.NC(=O)c1cn([C@H]2O[C@H](CO)[C@@H](O)[C@H]2O)c2nc(C(F)(F)F)nc(N)c12. The Labute approximate surface area is 799 Å². The van der Waals surface area contributed by atoms with E-state index in [2.05, 4.69) is 77.6 Å². The molecule has 0 unspecified atom stereocenters. The van der Waals surface area contributed by atoms with E-state index in [1.54, 1.807) is 39.2 Å². The van der Waals surface area contributed by atoms with E-state index < -0.39 is 226 Å². The van der Waals surface area contributed by atoms with Crippen molar-refractivity contribution in [3.63, 3.8) is 0 Å². The minimum Gasteiger partial charge on any atom is -0.394 e. The van der Waals surface area contributed by atoms with E-state index in [1.165, 1.54) is 56.2 Å². The first kappa shape index (κ1) is 106. The number of rotatable bonds is 17. The highest BCUT2D eigenvalue weighted by Gasteiger charge is 2.55. The third kappa shape index (κ3) is 19.8. The average Bonchev–Trinajstić information content (AvgIpc) is 1.58. The number of nitrogens with two attached hydrogens (primary N) is 12. The number of alkyl halides is 3. The zero-order chi connectivity index (χ0) is 105. The van der Waals surface area contributed by atoms with Crippen LogP contribution in [0.1, 0.15) is 162 Å². The number of carbonyl (C=O) groups is 6. The van der Waals surface area contributed by atoms with Gasteiger partial charge in [0.1, 0.15) is 184 Å². The lowest BCUT2D eigenvalue weighted by atomic mass is 9.96. The zero-order valence-corrected chi connectivity index (χ0v) is 75.7. The van der Waals surface area contributed by atoms with Crippen LogP contribution in [0.4, 0.5) is 48.1 Å². The summed E-state index contributed by atoms with van der Waals surface area (Å²) in [6, 6.07) is 0. The number of nitrogens with zero attached hydrogens (tertiary/aromatic N) is 18. The number of fused-ring (bicyclic) bond motifs is 6. The van der Waals surface area contributed by atoms with E-state index in [9.17, 15) is 119 Å². The Balaban J connectivity index is 0.000000144. The van der Waals surface area contributed by atoms with E-state index in [0.29, 0.717) is 39.5 Å². The summed E-state index contributed by atoms with van der Waals surface area (Å²) in [6.45, 7) is 7.15. The number of hydrogen-bond donors (Lipinski definition) is 28. The summed E-state index contributed by atoms with van der Waals surface area (Å²) in [5.41, 5.74) is 66.3. The first-order valence-corrected chi connectivity index (χ1v) is 42.5. The number of aromatic nitrogens is 18. The van der Waals surface area contributed by atoms with Crippen LogP contribution in [0.15, 0.2) is 37.2 Å². The summed E-state index contributed by atoms with van der Waals surface area (Å²) < 4.78 is 79.8. The largest absolute Gasteiger partial charge is 0.451 e. The second kappa shape index (κ2) is 41.1. The number of ether oxygens (including phenoxy) is 6. The molecule has 0 aromatic carbocycles. The smallest absolute Gasteiger partial charge is 0.394 e. The molecule has 23 atom stereocenters. The van der Waals surface area contributed by atoms with Gasteiger partial charge in [0.05, 0.1) is 111 Å². The van der Waals surface area contributed by atoms with E-state index in [4.69, 9.17) is 109 Å². The molecular weight excluding hydrogens is 1910 g/mol. The fourth-order valence-electron chi connectivity index (χ4n) is 16.9. The fourth-order valence-corrected chi connectivity index (χ4v) is 16.9. The molecule has 0 saturated carbocycles. The van der Waals surface area contributed by atoms with E-state index >= 15 is 0 Å². The summed E-state index contributed by atoms with van der Waals surface area (Å²) in [5, 5.41) is 158. The van der Waals surface area contributed by atoms with Gasteiger partial charge in [-0.1, -0.05) is 5.92 Å². The maximum Gasteiger partial charge on any atom is 0.451 e. The van der Waals surface area contributed by atoms with Gasteiger partial charge in [-0.25, -0.2) is 59.8 Å². The predicted octanol–water partition coefficient (Wildman–Crippen LogP) is -8.91. The van der Waals surface area contributed by atoms with Crippen LogP contribution in [0.5, 0.6) is 0 Å². The van der Waals surface area contributed by atoms with Crippen molar-refractivity contribution >= 4 is 137 Å². The van der Waals surface area contributed by atoms with E-state index in [-0.39, 0.29) is 126 Å². The number of aryl methyl sites for hydroxylation is 3. The summed E-state index contributed by atoms with van der Waals surface area (Å²) in [4.78, 5) is 118. The maximum atomic E-state index is 13.0. The van der Waals surface area contributed by atoms with Gasteiger partial charge in [-0.05, 0) is 53.4 Å². The highest BCUT2D eigenvalue weighted by Crippen LogP contribution is 2.45. The Morgan fingerprint density at radius 3 is 1.00 bits per heavy atom. The van der Waals surface area contributed by atoms with Crippen LogP contribution in [0, 0.1) is 45.0 Å². The van der Waals surface area contributed by atoms with Crippen LogP contribution >= 0.6 is 0 Å². The number of halogens is 3. The molecule has 0 radical (unpaired) electrons. The Hall–Kier alpha value is -14.6. The first-order valence-electron chi connectivity index (χ1n) is 42.5. The zero-order valence-electron chi connectivity index (χ0n) is 75.7. The standard InChI is InChI=1S/C15H17N5O5.C14H19N5O5.C14H15N5O5.C13H14F3N5O5.2C13H17N5O4/c1-2-3-8-18-12(16)9-6(13(17)24)4-20(14(9)19-8)15-11(23)10(22)7(5-21)25-15;1-5-17-10(15)8-6(11(16)22)3-19(12(8)18-5)13-14(2,23)9(21)7(4-20)24-13;1-2-7-17-11(15)8-5(12(16)23)3-19(13(8)18-7)14-10(22)9(21)6(4-20)24-14;14-13(15,16)12-19-8(17)5-3(9(18)25)1-21(10(5)20-12)11-7(24)6(23)4(2-22)26-11;1-5-16-11(14)10-6(12(15)21)3-18(13(10)17-5)9-2-7(20)8(4-19)22-9;1-4-8(19)9(20)13(22-4)18-3-6(11(15)21)7-10(14)16-5(2)17-12(7)18/h4,7,10-11,15,21-23H,5H2,1H3,(H2,17,24)(H2,16,18,19);3,7,9,13,20-21,23H,4H2,1-2H3,(H2,16,22)(H2,15,17,18);1,3,6,9-10,14,20-22H,4H2,(H2,16,23)(H2,15,17,18);1,4,6-7,11,22-24H,2H2,(H2,18,25)(H2,17,19,20);3,7-9,19-20H,2,4H2,1H3,(H2,15,21)(H2,14,16,17);3-4,8-9,13,19-20H,1-2H3,(H2,15,21)(H2,14,16,17)/t7-,10-,11-,15-;7-,9-,13-,14-;6-,9-,10-,14-;4-,6-,7-,11+;7-,8+,9+;4-,8-,9-,13-/m111101/s1. The van der Waals surface area contributed by atoms with Gasteiger partial charge in [-0.3, -0.25) is 28.8 Å². The first-order chi connectivity index (χ1) is 67.2. The molecule has 58 nitrogen and oxygen atoms in total. The highest BCUT2D eigenvalue weighted by molar-refractivity contribution is 6.13. The lowest BCUT2D eigenvalue weighted by molar-refractivity contribution is -0.144. The van der Waals surface area contributed by atoms with Crippen LogP contribution in [0.3, 0.4) is 0 Å². The maximum absolute atomic E-state index is 13.0. The van der Waals surface area contributed by atoms with Gasteiger partial charge in [0.2, 0.25) is 17.5 Å². The van der Waals surface area contributed by atoms with Crippen molar-refractivity contribution in [3.8, 4) is 24.2 Å². The topological polar surface area (TPSA) is 978 Å². The molecule has 18 heterocycles. The Kier molecular flexibility index (Phi) is 30.4. The number of hydrogen-bond acceptors (Lipinski definition) is 46. The third-order valence-electron chi connectivity index (χ3n) is 23.8. The van der Waals surface area contributed by atoms with Gasteiger partial charge in [0.15, 0.2) is 31.1 Å². The Morgan fingerprint density at radius 1 is 0.399 bits per heavy atom. The Bertz CT molecular complexity index is 7070. The number of terminal acetylenes is 1. The highest BCUT2D eigenvalue weighted by atomic mass is 19.4. The number of carbonyl (C=O) groups excluding carboxylic acids is 6. The number of primary amides is 6. The van der Waals surface area contributed by atoms with Gasteiger partial charge in [-0.2, -0.15) is 13.2 Å². The van der Waals surface area contributed by atoms with Gasteiger partial charge < -0.3 is 206 Å². The molecule has 6 saturated heterocycles. The molecule has 18 rings (SSSR count). The minimum absolute atomic E-state index is 0.00189. The fraction of sp³-hybridized carbons (Fsp3) is 0.439. The molecule has 6 amide bonds. The molecule has 61 heteroatoms. The lowest BCUT2D eigenvalue weighted by Crippen LogP contribution is -2.44. The number of amides is 6. The second-order valence-electron chi connectivity index (χ2n) is 33.3. The number of nitrogen functional groups attached to an aromatic ring is 6. The Morgan fingerprint density at radius 2 is 0.692 bits per heavy atom. The summed E-state index contributed by atoms with van der Waals surface area (Å²) in [5.74, 6) is 2.28. The normalized spacial score (nSPS) is 27.0. The van der Waals surface area contributed by atoms with Gasteiger partial charge in [-0.15, -0.1) is 6.42 Å². The minimum atomic E-state index is -4.92. The van der Waals surface area contributed by atoms with Crippen LogP contribution < -0.4 is 68.8 Å². The second-order valence-corrected chi connectivity index (χ2v) is 33.3. The monoisotopic (exact) mass is 2010 g/mol. The van der Waals surface area contributed by atoms with Crippen LogP contribution in [-0.4, -0.2) is 341 Å². The quantitative estimate of drug-likeness (QED) is 0.0377. The molecule has 12 aromatic heterocycles. The molecule has 0 bridgehead atoms. The van der Waals surface area contributed by atoms with Crippen molar-refractivity contribution in [2.24, 2.45) is 34.4 Å². The predicted molar refractivity (Wildman–Crippen MR) is 482 cm³/mol. The van der Waals surface area contributed by atoms with Gasteiger partial charge >= 0.3 is 6.18 Å². The number of aliphatic hydroxyl groups excluding tert-OH is 15. The summed E-state index contributed by atoms with van der Waals surface area (Å²) in [7, 11) is 0.